The van der Waals surface area contributed by atoms with E-state index in [1.807, 2.05) is 60.7 Å². The summed E-state index contributed by atoms with van der Waals surface area (Å²) in [5.41, 5.74) is -0.444. The maximum absolute atomic E-state index is 13.8. The van der Waals surface area contributed by atoms with E-state index >= 15 is 0 Å². The van der Waals surface area contributed by atoms with Gasteiger partial charge < -0.3 is 14.1 Å². The van der Waals surface area contributed by atoms with Gasteiger partial charge in [-0.1, -0.05) is 69.3 Å². The maximum atomic E-state index is 13.8. The first-order valence-electron chi connectivity index (χ1n) is 11.9. The Kier molecular flexibility index (Phi) is 7.11. The number of likely N-dealkylation sites (tertiary alicyclic amines) is 1. The van der Waals surface area contributed by atoms with Crippen LogP contribution in [0.2, 0.25) is 18.1 Å². The maximum Gasteiger partial charge on any atom is 0.264 e. The largest absolute Gasteiger partial charge is 0.414 e. The molecule has 1 unspecified atom stereocenters. The average molecular weight is 498 g/mol. The number of hydrogen-bond acceptors (Lipinski definition) is 5. The Balaban J connectivity index is 1.58. The van der Waals surface area contributed by atoms with E-state index in [9.17, 15) is 9.59 Å². The zero-order valence-corrected chi connectivity index (χ0v) is 22.6. The summed E-state index contributed by atoms with van der Waals surface area (Å²) >= 11 is 1.57. The van der Waals surface area contributed by atoms with E-state index in [-0.39, 0.29) is 34.6 Å². The molecular formula is C27H35NO4SSi. The Morgan fingerprint density at radius 1 is 1.06 bits per heavy atom. The summed E-state index contributed by atoms with van der Waals surface area (Å²) in [5, 5.41) is -0.212. The van der Waals surface area contributed by atoms with Gasteiger partial charge in [-0.25, -0.2) is 0 Å². The molecule has 0 aromatic heterocycles. The third kappa shape index (κ3) is 4.89. The molecule has 2 aromatic carbocycles. The molecular weight excluding hydrogens is 462 g/mol. The molecule has 0 aliphatic carbocycles. The zero-order valence-electron chi connectivity index (χ0n) is 20.7. The summed E-state index contributed by atoms with van der Waals surface area (Å²) in [6.45, 7) is 11.9. The van der Waals surface area contributed by atoms with Crippen LogP contribution >= 0.6 is 11.8 Å². The van der Waals surface area contributed by atoms with Gasteiger partial charge in [0.25, 0.3) is 5.91 Å². The fraction of sp³-hybridized carbons (Fsp3) is 0.481. The summed E-state index contributed by atoms with van der Waals surface area (Å²) in [5.74, 6) is -0.360. The van der Waals surface area contributed by atoms with E-state index in [1.54, 1.807) is 16.7 Å². The second-order valence-corrected chi connectivity index (χ2v) is 16.9. The Morgan fingerprint density at radius 3 is 2.29 bits per heavy atom. The number of ketones is 1. The number of thioether (sulfide) groups is 1. The molecule has 0 radical (unpaired) electrons. The van der Waals surface area contributed by atoms with Crippen molar-refractivity contribution >= 4 is 31.8 Å². The number of carbonyl (C=O) groups is 2. The number of Topliss-reactive ketones (excluding diaryl/α,β-unsaturated/α-hetero) is 1. The van der Waals surface area contributed by atoms with Gasteiger partial charge in [-0.15, -0.1) is 11.8 Å². The van der Waals surface area contributed by atoms with E-state index in [4.69, 9.17) is 9.16 Å². The number of ether oxygens (including phenoxy) is 1. The van der Waals surface area contributed by atoms with Crippen LogP contribution in [0.25, 0.3) is 0 Å². The number of hydrogen-bond donors (Lipinski definition) is 0. The Labute approximate surface area is 208 Å². The topological polar surface area (TPSA) is 55.8 Å². The number of rotatable bonds is 7. The van der Waals surface area contributed by atoms with Crippen LogP contribution in [-0.2, 0) is 25.3 Å². The molecule has 2 heterocycles. The van der Waals surface area contributed by atoms with E-state index < -0.39 is 13.9 Å². The molecule has 3 atom stereocenters. The van der Waals surface area contributed by atoms with Gasteiger partial charge in [0.1, 0.15) is 0 Å². The lowest BCUT2D eigenvalue weighted by Crippen LogP contribution is -2.50. The molecule has 0 saturated carbocycles. The van der Waals surface area contributed by atoms with Crippen molar-refractivity contribution in [1.82, 2.24) is 4.90 Å². The van der Waals surface area contributed by atoms with Gasteiger partial charge in [0.05, 0.1) is 24.5 Å². The highest BCUT2D eigenvalue weighted by Crippen LogP contribution is 2.47. The average Bonchev–Trinajstić information content (AvgIpc) is 3.27. The lowest BCUT2D eigenvalue weighted by molar-refractivity contribution is -0.154. The van der Waals surface area contributed by atoms with Crippen molar-refractivity contribution in [2.75, 3.05) is 13.2 Å². The normalized spacial score (nSPS) is 25.5. The molecule has 1 spiro atoms. The van der Waals surface area contributed by atoms with Crippen molar-refractivity contribution in [2.45, 2.75) is 73.7 Å². The monoisotopic (exact) mass is 497 g/mol. The lowest BCUT2D eigenvalue weighted by Gasteiger charge is -2.37. The quantitative estimate of drug-likeness (QED) is 0.383. The smallest absolute Gasteiger partial charge is 0.264 e. The molecule has 7 heteroatoms. The van der Waals surface area contributed by atoms with Gasteiger partial charge >= 0.3 is 0 Å². The molecule has 2 aromatic rings. The summed E-state index contributed by atoms with van der Waals surface area (Å²) in [6, 6.07) is 19.7. The van der Waals surface area contributed by atoms with Crippen LogP contribution in [0.1, 0.15) is 32.8 Å². The van der Waals surface area contributed by atoms with Gasteiger partial charge in [0.15, 0.2) is 14.1 Å². The number of nitrogens with zero attached hydrogens (tertiary/aromatic N) is 1. The second kappa shape index (κ2) is 9.61. The molecule has 4 rings (SSSR count). The molecule has 0 bridgehead atoms. The summed E-state index contributed by atoms with van der Waals surface area (Å²) in [4.78, 5) is 29.9. The van der Waals surface area contributed by atoms with E-state index in [1.165, 1.54) is 0 Å². The molecule has 2 fully saturated rings. The lowest BCUT2D eigenvalue weighted by atomic mass is 9.96. The van der Waals surface area contributed by atoms with Crippen molar-refractivity contribution < 1.29 is 18.8 Å². The first-order valence-corrected chi connectivity index (χ1v) is 15.7. The van der Waals surface area contributed by atoms with E-state index in [0.717, 1.165) is 10.5 Å². The third-order valence-corrected chi connectivity index (χ3v) is 13.2. The summed E-state index contributed by atoms with van der Waals surface area (Å²) in [6.07, 6.45) is 0.310. The standard InChI is InChI=1S/C27H35NO4SSi/c1-26(2,3)34(4,5)31-19-21-16-24(33-22-14-10-7-11-15-22)27(32-21)23(29)18-28(25(27)30)17-20-12-8-6-9-13-20/h6-15,21,24H,16-19H2,1-5H3/t21-,24-,27?/m0/s1. The molecule has 2 saturated heterocycles. The molecule has 182 valence electrons. The predicted octanol–water partition coefficient (Wildman–Crippen LogP) is 5.31. The predicted molar refractivity (Wildman–Crippen MR) is 138 cm³/mol. The van der Waals surface area contributed by atoms with Crippen molar-refractivity contribution in [3.63, 3.8) is 0 Å². The van der Waals surface area contributed by atoms with Gasteiger partial charge in [-0.05, 0) is 42.2 Å². The van der Waals surface area contributed by atoms with Gasteiger partial charge in [0.2, 0.25) is 5.60 Å². The fourth-order valence-corrected chi connectivity index (χ4v) is 6.73. The van der Waals surface area contributed by atoms with Crippen LogP contribution in [-0.4, -0.2) is 55.0 Å². The van der Waals surface area contributed by atoms with Crippen molar-refractivity contribution in [2.24, 2.45) is 0 Å². The Bertz CT molecular complexity index is 1020. The minimum atomic E-state index is -1.99. The van der Waals surface area contributed by atoms with Gasteiger partial charge in [0, 0.05) is 11.4 Å². The minimum absolute atomic E-state index is 0.0764. The zero-order chi connectivity index (χ0) is 24.6. The highest BCUT2D eigenvalue weighted by Gasteiger charge is 2.64. The van der Waals surface area contributed by atoms with Gasteiger partial charge in [-0.3, -0.25) is 9.59 Å². The van der Waals surface area contributed by atoms with E-state index in [0.29, 0.717) is 19.6 Å². The molecule has 2 aliphatic heterocycles. The van der Waals surface area contributed by atoms with Crippen LogP contribution in [0.3, 0.4) is 0 Å². The molecule has 0 N–H and O–H groups in total. The highest BCUT2D eigenvalue weighted by molar-refractivity contribution is 8.00. The van der Waals surface area contributed by atoms with Crippen molar-refractivity contribution in [3.05, 3.63) is 66.2 Å². The van der Waals surface area contributed by atoms with Gasteiger partial charge in [-0.2, -0.15) is 0 Å². The second-order valence-electron chi connectivity index (χ2n) is 10.8. The number of carbonyl (C=O) groups excluding carboxylic acids is 2. The van der Waals surface area contributed by atoms with Crippen LogP contribution in [0.5, 0.6) is 0 Å². The van der Waals surface area contributed by atoms with Crippen LogP contribution < -0.4 is 0 Å². The van der Waals surface area contributed by atoms with Crippen molar-refractivity contribution in [3.8, 4) is 0 Å². The Hall–Kier alpha value is -1.93. The number of benzene rings is 2. The first-order chi connectivity index (χ1) is 16.0. The first kappa shape index (κ1) is 25.2. The summed E-state index contributed by atoms with van der Waals surface area (Å²) in [7, 11) is -1.99. The molecule has 1 amide bonds. The van der Waals surface area contributed by atoms with Crippen LogP contribution in [0, 0.1) is 0 Å². The molecule has 34 heavy (non-hydrogen) atoms. The van der Waals surface area contributed by atoms with E-state index in [2.05, 4.69) is 33.9 Å². The Morgan fingerprint density at radius 2 is 1.68 bits per heavy atom. The minimum Gasteiger partial charge on any atom is -0.414 e. The molecule has 5 nitrogen and oxygen atoms in total. The molecule has 2 aliphatic rings. The third-order valence-electron chi connectivity index (χ3n) is 7.31. The van der Waals surface area contributed by atoms with Crippen LogP contribution in [0.15, 0.2) is 65.6 Å². The van der Waals surface area contributed by atoms with Crippen LogP contribution in [0.4, 0.5) is 0 Å². The summed E-state index contributed by atoms with van der Waals surface area (Å²) < 4.78 is 12.9. The SMILES string of the molecule is CC(C)(C)[Si](C)(C)OC[C@@H]1C[C@H](Sc2ccccc2)C2(O1)C(=O)CN(Cc1ccccc1)C2=O. The highest BCUT2D eigenvalue weighted by atomic mass is 32.2. The van der Waals surface area contributed by atoms with Crippen molar-refractivity contribution in [1.29, 1.82) is 0 Å². The number of amides is 1. The fourth-order valence-electron chi connectivity index (χ4n) is 4.29.